The maximum absolute atomic E-state index is 13.0. The van der Waals surface area contributed by atoms with Crippen LogP contribution in [-0.2, 0) is 0 Å². The molecule has 22 heavy (non-hydrogen) atoms. The van der Waals surface area contributed by atoms with Crippen molar-refractivity contribution in [3.8, 4) is 0 Å². The Labute approximate surface area is 142 Å². The number of Topliss-reactive ketones (excluding diaryl/α,β-unsaturated/α-hetero) is 1. The van der Waals surface area contributed by atoms with E-state index in [2.05, 4.69) is 36.4 Å². The Morgan fingerprint density at radius 1 is 0.955 bits per heavy atom. The van der Waals surface area contributed by atoms with Gasteiger partial charge in [0.1, 0.15) is 0 Å². The SMILES string of the molecule is O=C1c2ccccc2S[C@@H]2CCC[C@@H]([Se]c3ccccc3)[C@H]12. The number of fused-ring (bicyclic) bond motifs is 2. The Kier molecular flexibility index (Phi) is 4.13. The molecule has 0 radical (unpaired) electrons. The van der Waals surface area contributed by atoms with Crippen molar-refractivity contribution in [2.45, 2.75) is 34.2 Å². The molecule has 2 aromatic rings. The fraction of sp³-hybridized carbons (Fsp3) is 0.316. The Morgan fingerprint density at radius 3 is 2.59 bits per heavy atom. The number of carbonyl (C=O) groups is 1. The van der Waals surface area contributed by atoms with E-state index >= 15 is 0 Å². The van der Waals surface area contributed by atoms with Gasteiger partial charge in [-0.05, 0) is 0 Å². The quantitative estimate of drug-likeness (QED) is 0.742. The summed E-state index contributed by atoms with van der Waals surface area (Å²) in [7, 11) is 0. The molecule has 0 spiro atoms. The molecule has 1 saturated carbocycles. The maximum atomic E-state index is 13.0. The topological polar surface area (TPSA) is 17.1 Å². The third kappa shape index (κ3) is 2.67. The summed E-state index contributed by atoms with van der Waals surface area (Å²) in [6.45, 7) is 0. The van der Waals surface area contributed by atoms with Crippen LogP contribution in [0.5, 0.6) is 0 Å². The van der Waals surface area contributed by atoms with Gasteiger partial charge in [-0.1, -0.05) is 0 Å². The van der Waals surface area contributed by atoms with Gasteiger partial charge >= 0.3 is 142 Å². The molecule has 2 aromatic carbocycles. The van der Waals surface area contributed by atoms with Crippen LogP contribution in [0.4, 0.5) is 0 Å². The Bertz CT molecular complexity index is 685. The number of hydrogen-bond donors (Lipinski definition) is 0. The summed E-state index contributed by atoms with van der Waals surface area (Å²) in [4.78, 5) is 14.8. The minimum atomic E-state index is 0.230. The van der Waals surface area contributed by atoms with Crippen LogP contribution in [0.15, 0.2) is 59.5 Å². The molecule has 2 aliphatic rings. The normalized spacial score (nSPS) is 27.1. The van der Waals surface area contributed by atoms with Crippen LogP contribution in [0.25, 0.3) is 0 Å². The molecule has 3 heteroatoms. The molecule has 0 aromatic heterocycles. The first-order valence-electron chi connectivity index (χ1n) is 7.84. The summed E-state index contributed by atoms with van der Waals surface area (Å²) < 4.78 is 1.43. The zero-order valence-corrected chi connectivity index (χ0v) is 14.8. The first-order chi connectivity index (χ1) is 10.8. The fourth-order valence-corrected chi connectivity index (χ4v) is 8.21. The molecule has 1 heterocycles. The Morgan fingerprint density at radius 2 is 1.73 bits per heavy atom. The first kappa shape index (κ1) is 14.6. The predicted octanol–water partition coefficient (Wildman–Crippen LogP) is 3.96. The molecule has 1 aliphatic heterocycles. The van der Waals surface area contributed by atoms with Crippen LogP contribution in [0.3, 0.4) is 0 Å². The van der Waals surface area contributed by atoms with Gasteiger partial charge in [0.15, 0.2) is 0 Å². The van der Waals surface area contributed by atoms with Gasteiger partial charge < -0.3 is 0 Å². The summed E-state index contributed by atoms with van der Waals surface area (Å²) in [5, 5.41) is 0.492. The first-order valence-corrected chi connectivity index (χ1v) is 10.6. The zero-order chi connectivity index (χ0) is 14.9. The number of ketones is 1. The second-order valence-corrected chi connectivity index (χ2v) is 9.98. The second kappa shape index (κ2) is 6.23. The van der Waals surface area contributed by atoms with Crippen molar-refractivity contribution in [2.75, 3.05) is 0 Å². The fourth-order valence-electron chi connectivity index (χ4n) is 3.51. The van der Waals surface area contributed by atoms with E-state index in [4.69, 9.17) is 0 Å². The van der Waals surface area contributed by atoms with E-state index in [1.165, 1.54) is 28.6 Å². The number of hydrogen-bond acceptors (Lipinski definition) is 2. The second-order valence-electron chi connectivity index (χ2n) is 5.94. The summed E-state index contributed by atoms with van der Waals surface area (Å²) in [5.41, 5.74) is 0.963. The van der Waals surface area contributed by atoms with Crippen molar-refractivity contribution in [1.82, 2.24) is 0 Å². The molecule has 0 saturated heterocycles. The monoisotopic (exact) mass is 374 g/mol. The van der Waals surface area contributed by atoms with Crippen molar-refractivity contribution in [2.24, 2.45) is 5.92 Å². The predicted molar refractivity (Wildman–Crippen MR) is 93.3 cm³/mol. The van der Waals surface area contributed by atoms with Gasteiger partial charge in [-0.3, -0.25) is 0 Å². The van der Waals surface area contributed by atoms with Crippen LogP contribution < -0.4 is 4.46 Å². The van der Waals surface area contributed by atoms with Gasteiger partial charge in [0.2, 0.25) is 0 Å². The molecule has 1 aliphatic carbocycles. The van der Waals surface area contributed by atoms with Gasteiger partial charge in [-0.25, -0.2) is 0 Å². The molecular weight excluding hydrogens is 355 g/mol. The molecule has 0 amide bonds. The number of rotatable bonds is 2. The third-order valence-electron chi connectivity index (χ3n) is 4.54. The van der Waals surface area contributed by atoms with Crippen LogP contribution in [-0.4, -0.2) is 26.0 Å². The third-order valence-corrected chi connectivity index (χ3v) is 8.87. The standard InChI is InChI=1S/C19H18OSSe/c20-19-14-9-4-5-10-15(14)21-16-11-6-12-17(18(16)19)22-13-7-2-1-3-8-13/h1-5,7-10,16-18H,6,11-12H2/t16-,17-,18-/m1/s1. The van der Waals surface area contributed by atoms with Crippen molar-refractivity contribution in [1.29, 1.82) is 0 Å². The average molecular weight is 373 g/mol. The van der Waals surface area contributed by atoms with Crippen molar-refractivity contribution in [3.05, 3.63) is 60.2 Å². The summed E-state index contributed by atoms with van der Waals surface area (Å²) >= 11 is 2.34. The molecule has 1 fully saturated rings. The van der Waals surface area contributed by atoms with Gasteiger partial charge in [0, 0.05) is 0 Å². The van der Waals surface area contributed by atoms with Crippen LogP contribution in [0, 0.1) is 5.92 Å². The summed E-state index contributed by atoms with van der Waals surface area (Å²) in [6.07, 6.45) is 3.67. The van der Waals surface area contributed by atoms with Crippen LogP contribution in [0.2, 0.25) is 4.82 Å². The molecule has 1 nitrogen and oxygen atoms in total. The molecule has 3 atom stereocenters. The van der Waals surface area contributed by atoms with Crippen LogP contribution >= 0.6 is 11.8 Å². The molecule has 0 N–H and O–H groups in total. The van der Waals surface area contributed by atoms with E-state index in [-0.39, 0.29) is 5.92 Å². The molecular formula is C19H18OSSe. The van der Waals surface area contributed by atoms with Gasteiger partial charge in [0.05, 0.1) is 0 Å². The van der Waals surface area contributed by atoms with E-state index < -0.39 is 0 Å². The van der Waals surface area contributed by atoms with Gasteiger partial charge in [-0.2, -0.15) is 0 Å². The Balaban J connectivity index is 1.64. The summed E-state index contributed by atoms with van der Waals surface area (Å²) in [5.74, 6) is 0.635. The molecule has 112 valence electrons. The van der Waals surface area contributed by atoms with E-state index in [0.717, 1.165) is 5.56 Å². The van der Waals surface area contributed by atoms with E-state index in [0.29, 0.717) is 30.8 Å². The van der Waals surface area contributed by atoms with Gasteiger partial charge in [-0.15, -0.1) is 0 Å². The number of carbonyl (C=O) groups excluding carboxylic acids is 1. The van der Waals surface area contributed by atoms with E-state index in [1.807, 2.05) is 30.0 Å². The minimum absolute atomic E-state index is 0.230. The van der Waals surface area contributed by atoms with Crippen LogP contribution in [0.1, 0.15) is 29.6 Å². The Hall–Kier alpha value is -1.02. The van der Waals surface area contributed by atoms with Crippen molar-refractivity contribution in [3.63, 3.8) is 0 Å². The zero-order valence-electron chi connectivity index (χ0n) is 12.3. The van der Waals surface area contributed by atoms with Gasteiger partial charge in [0.25, 0.3) is 0 Å². The summed E-state index contributed by atoms with van der Waals surface area (Å²) in [6, 6.07) is 18.9. The molecule has 4 rings (SSSR count). The number of benzene rings is 2. The average Bonchev–Trinajstić information content (AvgIpc) is 2.56. The molecule has 0 unspecified atom stereocenters. The van der Waals surface area contributed by atoms with E-state index in [9.17, 15) is 4.79 Å². The molecule has 0 bridgehead atoms. The number of thioether (sulfide) groups is 1. The van der Waals surface area contributed by atoms with Crippen molar-refractivity contribution < 1.29 is 4.79 Å². The van der Waals surface area contributed by atoms with E-state index in [1.54, 1.807) is 0 Å². The van der Waals surface area contributed by atoms with Crippen molar-refractivity contribution >= 4 is 37.0 Å².